The second-order valence-corrected chi connectivity index (χ2v) is 6.24. The van der Waals surface area contributed by atoms with Gasteiger partial charge in [-0.3, -0.25) is 14.5 Å². The topological polar surface area (TPSA) is 71.5 Å². The highest BCUT2D eigenvalue weighted by atomic mass is 35.7. The number of carbonyl (C=O) groups excluding carboxylic acids is 2. The van der Waals surface area contributed by atoms with Crippen molar-refractivity contribution in [2.24, 2.45) is 0 Å². The minimum Gasteiger partial charge on any atom is -0.271 e. The molecular weight excluding hydrogens is 278 g/mol. The molecule has 7 heteroatoms. The first-order valence-electron chi connectivity index (χ1n) is 4.95. The van der Waals surface area contributed by atoms with Gasteiger partial charge in [0.15, 0.2) is 0 Å². The Morgan fingerprint density at radius 3 is 1.94 bits per heavy atom. The molecule has 1 aromatic carbocycles. The van der Waals surface area contributed by atoms with Gasteiger partial charge in [0.05, 0.1) is 11.4 Å². The Morgan fingerprint density at radius 2 is 1.50 bits per heavy atom. The van der Waals surface area contributed by atoms with Gasteiger partial charge in [-0.1, -0.05) is 12.1 Å². The summed E-state index contributed by atoms with van der Waals surface area (Å²) in [6.07, 6.45) is 2.39. The first-order chi connectivity index (χ1) is 8.38. The average Bonchev–Trinajstić information content (AvgIpc) is 2.60. The SMILES string of the molecule is O=C1C=CC(=O)N1Cc1ccc(S(=O)(=O)Cl)cc1. The van der Waals surface area contributed by atoms with Crippen LogP contribution in [0.1, 0.15) is 5.56 Å². The van der Waals surface area contributed by atoms with Crippen LogP contribution in [-0.2, 0) is 25.2 Å². The van der Waals surface area contributed by atoms with E-state index in [1.807, 2.05) is 0 Å². The van der Waals surface area contributed by atoms with Gasteiger partial charge >= 0.3 is 0 Å². The van der Waals surface area contributed by atoms with Crippen LogP contribution in [0, 0.1) is 0 Å². The summed E-state index contributed by atoms with van der Waals surface area (Å²) in [5, 5.41) is 0. The van der Waals surface area contributed by atoms with Crippen LogP contribution in [0.2, 0.25) is 0 Å². The van der Waals surface area contributed by atoms with E-state index in [0.29, 0.717) is 5.56 Å². The standard InChI is InChI=1S/C11H8ClNO4S/c12-18(16,17)9-3-1-8(2-4-9)7-13-10(14)5-6-11(13)15/h1-6H,7H2. The molecule has 0 unspecified atom stereocenters. The number of hydrogen-bond donors (Lipinski definition) is 0. The molecule has 94 valence electrons. The van der Waals surface area contributed by atoms with Crippen molar-refractivity contribution >= 4 is 31.5 Å². The molecule has 0 saturated heterocycles. The smallest absolute Gasteiger partial charge is 0.261 e. The van der Waals surface area contributed by atoms with Crippen molar-refractivity contribution in [3.05, 3.63) is 42.0 Å². The summed E-state index contributed by atoms with van der Waals surface area (Å²) in [5.74, 6) is -0.761. The predicted molar refractivity (Wildman–Crippen MR) is 64.2 cm³/mol. The van der Waals surface area contributed by atoms with Gasteiger partial charge in [-0.05, 0) is 17.7 Å². The third-order valence-electron chi connectivity index (χ3n) is 2.45. The van der Waals surface area contributed by atoms with Crippen molar-refractivity contribution in [2.45, 2.75) is 11.4 Å². The molecule has 0 N–H and O–H groups in total. The van der Waals surface area contributed by atoms with E-state index in [1.165, 1.54) is 36.4 Å². The summed E-state index contributed by atoms with van der Waals surface area (Å²) in [5.41, 5.74) is 0.643. The maximum Gasteiger partial charge on any atom is 0.261 e. The van der Waals surface area contributed by atoms with Crippen molar-refractivity contribution in [1.29, 1.82) is 0 Å². The van der Waals surface area contributed by atoms with Crippen LogP contribution in [0.4, 0.5) is 0 Å². The number of amides is 2. The average molecular weight is 286 g/mol. The van der Waals surface area contributed by atoms with Crippen molar-refractivity contribution in [3.63, 3.8) is 0 Å². The molecule has 0 bridgehead atoms. The summed E-state index contributed by atoms with van der Waals surface area (Å²) in [6.45, 7) is 0.104. The second-order valence-electron chi connectivity index (χ2n) is 3.68. The zero-order chi connectivity index (χ0) is 13.3. The third kappa shape index (κ3) is 2.60. The van der Waals surface area contributed by atoms with Gasteiger partial charge in [-0.2, -0.15) is 0 Å². The van der Waals surface area contributed by atoms with Gasteiger partial charge in [0, 0.05) is 22.8 Å². The molecule has 0 radical (unpaired) electrons. The van der Waals surface area contributed by atoms with Crippen LogP contribution in [0.15, 0.2) is 41.3 Å². The van der Waals surface area contributed by atoms with Crippen molar-refractivity contribution in [1.82, 2.24) is 4.90 Å². The molecule has 18 heavy (non-hydrogen) atoms. The zero-order valence-corrected chi connectivity index (χ0v) is 10.6. The maximum atomic E-state index is 11.3. The minimum atomic E-state index is -3.76. The maximum absolute atomic E-state index is 11.3. The lowest BCUT2D eigenvalue weighted by atomic mass is 10.2. The Morgan fingerprint density at radius 1 is 1.00 bits per heavy atom. The summed E-state index contributed by atoms with van der Waals surface area (Å²) in [6, 6.07) is 5.68. The van der Waals surface area contributed by atoms with Gasteiger partial charge in [0.2, 0.25) is 0 Å². The second kappa shape index (κ2) is 4.55. The van der Waals surface area contributed by atoms with E-state index in [-0.39, 0.29) is 23.3 Å². The number of carbonyl (C=O) groups is 2. The van der Waals surface area contributed by atoms with E-state index in [4.69, 9.17) is 10.7 Å². The summed E-state index contributed by atoms with van der Waals surface area (Å²) >= 11 is 0. The number of nitrogens with zero attached hydrogens (tertiary/aromatic N) is 1. The van der Waals surface area contributed by atoms with E-state index in [1.54, 1.807) is 0 Å². The molecule has 0 aliphatic carbocycles. The summed E-state index contributed by atoms with van der Waals surface area (Å²) in [4.78, 5) is 23.7. The number of imide groups is 1. The Kier molecular flexibility index (Phi) is 3.23. The molecule has 0 aromatic heterocycles. The highest BCUT2D eigenvalue weighted by molar-refractivity contribution is 8.13. The Labute approximate surface area is 108 Å². The number of halogens is 1. The quantitative estimate of drug-likeness (QED) is 0.614. The number of rotatable bonds is 3. The predicted octanol–water partition coefficient (Wildman–Crippen LogP) is 1.04. The highest BCUT2D eigenvalue weighted by Gasteiger charge is 2.23. The molecule has 5 nitrogen and oxygen atoms in total. The Balaban J connectivity index is 2.17. The highest BCUT2D eigenvalue weighted by Crippen LogP contribution is 2.17. The van der Waals surface area contributed by atoms with Gasteiger partial charge in [0.25, 0.3) is 20.9 Å². The molecule has 0 fully saturated rings. The van der Waals surface area contributed by atoms with Gasteiger partial charge < -0.3 is 0 Å². The van der Waals surface area contributed by atoms with E-state index in [0.717, 1.165) is 4.90 Å². The molecular formula is C11H8ClNO4S. The van der Waals surface area contributed by atoms with Crippen LogP contribution in [0.5, 0.6) is 0 Å². The lowest BCUT2D eigenvalue weighted by Gasteiger charge is -2.13. The van der Waals surface area contributed by atoms with E-state index in [2.05, 4.69) is 0 Å². The fourth-order valence-corrected chi connectivity index (χ4v) is 2.30. The molecule has 0 saturated carbocycles. The van der Waals surface area contributed by atoms with Gasteiger partial charge in [0.1, 0.15) is 0 Å². The molecule has 1 aliphatic heterocycles. The van der Waals surface area contributed by atoms with Crippen LogP contribution in [0.3, 0.4) is 0 Å². The van der Waals surface area contributed by atoms with Crippen molar-refractivity contribution in [2.75, 3.05) is 0 Å². The molecule has 1 heterocycles. The fraction of sp³-hybridized carbons (Fsp3) is 0.0909. The fourth-order valence-electron chi connectivity index (χ4n) is 1.53. The largest absolute Gasteiger partial charge is 0.271 e. The zero-order valence-electron chi connectivity index (χ0n) is 9.04. The van der Waals surface area contributed by atoms with E-state index >= 15 is 0 Å². The molecule has 0 atom stereocenters. The lowest BCUT2D eigenvalue weighted by molar-refractivity contribution is -0.137. The monoisotopic (exact) mass is 285 g/mol. The van der Waals surface area contributed by atoms with Crippen LogP contribution in [0.25, 0.3) is 0 Å². The van der Waals surface area contributed by atoms with Crippen molar-refractivity contribution < 1.29 is 18.0 Å². The summed E-state index contributed by atoms with van der Waals surface area (Å²) < 4.78 is 22.1. The van der Waals surface area contributed by atoms with Crippen molar-refractivity contribution in [3.8, 4) is 0 Å². The van der Waals surface area contributed by atoms with Crippen LogP contribution >= 0.6 is 10.7 Å². The molecule has 1 aromatic rings. The van der Waals surface area contributed by atoms with Crippen LogP contribution in [-0.4, -0.2) is 25.1 Å². The minimum absolute atomic E-state index is 0.0230. The third-order valence-corrected chi connectivity index (χ3v) is 3.82. The normalized spacial score (nSPS) is 15.5. The first kappa shape index (κ1) is 12.8. The lowest BCUT2D eigenvalue weighted by Crippen LogP contribution is -2.29. The van der Waals surface area contributed by atoms with Gasteiger partial charge in [-0.25, -0.2) is 8.42 Å². The molecule has 2 rings (SSSR count). The molecule has 1 aliphatic rings. The number of benzene rings is 1. The van der Waals surface area contributed by atoms with Gasteiger partial charge in [-0.15, -0.1) is 0 Å². The molecule has 0 spiro atoms. The summed E-state index contributed by atoms with van der Waals surface area (Å²) in [7, 11) is 1.42. The van der Waals surface area contributed by atoms with E-state index in [9.17, 15) is 18.0 Å². The van der Waals surface area contributed by atoms with Crippen LogP contribution < -0.4 is 0 Å². The Bertz CT molecular complexity index is 616. The first-order valence-corrected chi connectivity index (χ1v) is 7.26. The Hall–Kier alpha value is -1.66. The molecule has 2 amide bonds. The van der Waals surface area contributed by atoms with E-state index < -0.39 is 9.05 Å². The number of hydrogen-bond acceptors (Lipinski definition) is 4.